The van der Waals surface area contributed by atoms with E-state index in [-0.39, 0.29) is 17.2 Å². The van der Waals surface area contributed by atoms with Gasteiger partial charge in [0.25, 0.3) is 0 Å². The first-order valence-corrected chi connectivity index (χ1v) is 8.29. The molecule has 2 rings (SSSR count). The van der Waals surface area contributed by atoms with Crippen molar-refractivity contribution in [3.05, 3.63) is 35.9 Å². The first-order chi connectivity index (χ1) is 8.89. The Bertz CT molecular complexity index is 512. The molecule has 0 saturated carbocycles. The average molecular weight is 282 g/mol. The fourth-order valence-corrected chi connectivity index (χ4v) is 4.03. The van der Waals surface area contributed by atoms with Crippen LogP contribution in [0.15, 0.2) is 30.3 Å². The lowest BCUT2D eigenvalue weighted by Gasteiger charge is -2.39. The number of hydrogen-bond acceptors (Lipinski definition) is 3. The number of piperidine rings is 1. The molecule has 0 amide bonds. The van der Waals surface area contributed by atoms with Gasteiger partial charge in [0.05, 0.1) is 5.75 Å². The monoisotopic (exact) mass is 282 g/mol. The minimum Gasteiger partial charge on any atom is -0.316 e. The van der Waals surface area contributed by atoms with E-state index in [1.54, 1.807) is 0 Å². The Morgan fingerprint density at radius 3 is 2.63 bits per heavy atom. The molecule has 0 aromatic heterocycles. The molecule has 5 heteroatoms. The molecule has 0 spiro atoms. The lowest BCUT2D eigenvalue weighted by molar-refractivity contribution is 0.206. The van der Waals surface area contributed by atoms with Crippen molar-refractivity contribution in [2.75, 3.05) is 13.1 Å². The fourth-order valence-electron chi connectivity index (χ4n) is 2.44. The van der Waals surface area contributed by atoms with Crippen molar-refractivity contribution in [3.8, 4) is 0 Å². The van der Waals surface area contributed by atoms with Gasteiger partial charge in [-0.05, 0) is 23.9 Å². The van der Waals surface area contributed by atoms with Gasteiger partial charge in [0.1, 0.15) is 0 Å². The van der Waals surface area contributed by atoms with Gasteiger partial charge in [-0.25, -0.2) is 13.1 Å². The second-order valence-corrected chi connectivity index (χ2v) is 7.62. The van der Waals surface area contributed by atoms with Gasteiger partial charge in [0.15, 0.2) is 0 Å². The minimum absolute atomic E-state index is 0.00228. The molecule has 1 fully saturated rings. The van der Waals surface area contributed by atoms with Gasteiger partial charge in [-0.3, -0.25) is 0 Å². The Morgan fingerprint density at radius 2 is 2.00 bits per heavy atom. The lowest BCUT2D eigenvalue weighted by Crippen LogP contribution is -2.54. The van der Waals surface area contributed by atoms with Crippen molar-refractivity contribution in [1.29, 1.82) is 0 Å². The molecular formula is C14H22N2O2S. The van der Waals surface area contributed by atoms with Crippen LogP contribution in [0.2, 0.25) is 0 Å². The van der Waals surface area contributed by atoms with Gasteiger partial charge in [0, 0.05) is 12.6 Å². The van der Waals surface area contributed by atoms with Crippen LogP contribution in [0.1, 0.15) is 25.8 Å². The summed E-state index contributed by atoms with van der Waals surface area (Å²) in [5, 5.41) is 3.31. The third-order valence-corrected chi connectivity index (χ3v) is 5.01. The van der Waals surface area contributed by atoms with Crippen molar-refractivity contribution >= 4 is 10.0 Å². The zero-order chi connectivity index (χ0) is 13.9. The summed E-state index contributed by atoms with van der Waals surface area (Å²) in [7, 11) is -3.28. The molecule has 1 aromatic rings. The zero-order valence-corrected chi connectivity index (χ0v) is 12.3. The highest BCUT2D eigenvalue weighted by molar-refractivity contribution is 7.88. The smallest absolute Gasteiger partial charge is 0.216 e. The van der Waals surface area contributed by atoms with Crippen LogP contribution in [0.5, 0.6) is 0 Å². The first kappa shape index (κ1) is 14.5. The molecule has 1 aliphatic rings. The van der Waals surface area contributed by atoms with Gasteiger partial charge in [-0.1, -0.05) is 44.2 Å². The van der Waals surface area contributed by atoms with Crippen molar-refractivity contribution in [2.24, 2.45) is 5.41 Å². The summed E-state index contributed by atoms with van der Waals surface area (Å²) in [5.41, 5.74) is 0.767. The van der Waals surface area contributed by atoms with E-state index in [0.29, 0.717) is 0 Å². The normalized spacial score (nSPS) is 23.2. The second-order valence-electron chi connectivity index (χ2n) is 5.87. The molecule has 2 N–H and O–H groups in total. The van der Waals surface area contributed by atoms with Crippen LogP contribution in [-0.2, 0) is 15.8 Å². The van der Waals surface area contributed by atoms with Crippen LogP contribution >= 0.6 is 0 Å². The molecule has 1 heterocycles. The van der Waals surface area contributed by atoms with Crippen molar-refractivity contribution < 1.29 is 8.42 Å². The molecule has 0 bridgehead atoms. The van der Waals surface area contributed by atoms with Crippen LogP contribution in [-0.4, -0.2) is 27.5 Å². The lowest BCUT2D eigenvalue weighted by atomic mass is 9.81. The number of hydrogen-bond donors (Lipinski definition) is 2. The molecule has 106 valence electrons. The minimum atomic E-state index is -3.28. The highest BCUT2D eigenvalue weighted by atomic mass is 32.2. The summed E-state index contributed by atoms with van der Waals surface area (Å²) < 4.78 is 27.3. The highest BCUT2D eigenvalue weighted by Crippen LogP contribution is 2.25. The van der Waals surface area contributed by atoms with Gasteiger partial charge in [0.2, 0.25) is 10.0 Å². The standard InChI is InChI=1S/C14H22N2O2S/c1-14(2)11-15-9-8-13(14)16-19(17,18)10-12-6-4-3-5-7-12/h3-7,13,15-16H,8-11H2,1-2H3. The largest absolute Gasteiger partial charge is 0.316 e. The van der Waals surface area contributed by atoms with E-state index < -0.39 is 10.0 Å². The van der Waals surface area contributed by atoms with Gasteiger partial charge in [-0.15, -0.1) is 0 Å². The van der Waals surface area contributed by atoms with E-state index in [1.807, 2.05) is 30.3 Å². The van der Waals surface area contributed by atoms with E-state index in [9.17, 15) is 8.42 Å². The number of rotatable bonds is 4. The van der Waals surface area contributed by atoms with Crippen LogP contribution < -0.4 is 10.0 Å². The van der Waals surface area contributed by atoms with Crippen LogP contribution in [0, 0.1) is 5.41 Å². The Morgan fingerprint density at radius 1 is 1.32 bits per heavy atom. The van der Waals surface area contributed by atoms with E-state index >= 15 is 0 Å². The number of benzene rings is 1. The molecule has 1 aliphatic heterocycles. The molecule has 1 aromatic carbocycles. The molecule has 1 atom stereocenters. The van der Waals surface area contributed by atoms with Gasteiger partial charge < -0.3 is 5.32 Å². The molecule has 0 aliphatic carbocycles. The summed E-state index contributed by atoms with van der Waals surface area (Å²) in [4.78, 5) is 0. The predicted molar refractivity (Wildman–Crippen MR) is 77.3 cm³/mol. The summed E-state index contributed by atoms with van der Waals surface area (Å²) >= 11 is 0. The highest BCUT2D eigenvalue weighted by Gasteiger charge is 2.34. The summed E-state index contributed by atoms with van der Waals surface area (Å²) in [5.74, 6) is 0.0495. The second kappa shape index (κ2) is 5.61. The van der Waals surface area contributed by atoms with Crippen molar-refractivity contribution in [2.45, 2.75) is 32.1 Å². The molecular weight excluding hydrogens is 260 g/mol. The van der Waals surface area contributed by atoms with Crippen molar-refractivity contribution in [1.82, 2.24) is 10.0 Å². The van der Waals surface area contributed by atoms with Crippen LogP contribution in [0.25, 0.3) is 0 Å². The SMILES string of the molecule is CC1(C)CNCCC1NS(=O)(=O)Cc1ccccc1. The van der Waals surface area contributed by atoms with Crippen LogP contribution in [0.4, 0.5) is 0 Å². The zero-order valence-electron chi connectivity index (χ0n) is 11.5. The topological polar surface area (TPSA) is 58.2 Å². The van der Waals surface area contributed by atoms with Gasteiger partial charge >= 0.3 is 0 Å². The van der Waals surface area contributed by atoms with Gasteiger partial charge in [-0.2, -0.15) is 0 Å². The van der Waals surface area contributed by atoms with E-state index in [4.69, 9.17) is 0 Å². The maximum absolute atomic E-state index is 12.2. The van der Waals surface area contributed by atoms with E-state index in [2.05, 4.69) is 23.9 Å². The fraction of sp³-hybridized carbons (Fsp3) is 0.571. The van der Waals surface area contributed by atoms with E-state index in [1.165, 1.54) is 0 Å². The van der Waals surface area contributed by atoms with Crippen molar-refractivity contribution in [3.63, 3.8) is 0 Å². The summed E-state index contributed by atoms with van der Waals surface area (Å²) in [6.07, 6.45) is 0.834. The summed E-state index contributed by atoms with van der Waals surface area (Å²) in [6.45, 7) is 5.89. The average Bonchev–Trinajstić information content (AvgIpc) is 2.32. The quantitative estimate of drug-likeness (QED) is 0.880. The molecule has 1 unspecified atom stereocenters. The summed E-state index contributed by atoms with van der Waals surface area (Å²) in [6, 6.07) is 9.29. The Labute approximate surface area is 115 Å². The predicted octanol–water partition coefficient (Wildman–Crippen LogP) is 1.49. The van der Waals surface area contributed by atoms with E-state index in [0.717, 1.165) is 25.1 Å². The maximum Gasteiger partial charge on any atom is 0.216 e. The molecule has 1 saturated heterocycles. The molecule has 4 nitrogen and oxygen atoms in total. The Hall–Kier alpha value is -0.910. The number of nitrogens with one attached hydrogen (secondary N) is 2. The first-order valence-electron chi connectivity index (χ1n) is 6.64. The third-order valence-electron chi connectivity index (χ3n) is 3.66. The molecule has 0 radical (unpaired) electrons. The Balaban J connectivity index is 2.05. The third kappa shape index (κ3) is 4.03. The van der Waals surface area contributed by atoms with Crippen LogP contribution in [0.3, 0.4) is 0 Å². The molecule has 19 heavy (non-hydrogen) atoms. The number of sulfonamides is 1. The maximum atomic E-state index is 12.2. The Kier molecular flexibility index (Phi) is 4.28.